The summed E-state index contributed by atoms with van der Waals surface area (Å²) >= 11 is 0. The number of hydrogen-bond donors (Lipinski definition) is 1. The number of piperidine rings is 1. The summed E-state index contributed by atoms with van der Waals surface area (Å²) in [6.07, 6.45) is 7.41. The van der Waals surface area contributed by atoms with Gasteiger partial charge in [-0.05, 0) is 36.5 Å². The second-order valence-electron chi connectivity index (χ2n) is 7.27. The minimum absolute atomic E-state index is 0.0520. The van der Waals surface area contributed by atoms with Gasteiger partial charge in [-0.1, -0.05) is 17.3 Å². The lowest BCUT2D eigenvalue weighted by Gasteiger charge is -2.32. The zero-order valence-electron chi connectivity index (χ0n) is 16.8. The third kappa shape index (κ3) is 4.91. The van der Waals surface area contributed by atoms with E-state index in [1.54, 1.807) is 25.7 Å². The number of rotatable bonds is 6. The molecule has 9 nitrogen and oxygen atoms in total. The zero-order chi connectivity index (χ0) is 20.8. The van der Waals surface area contributed by atoms with Gasteiger partial charge in [0.05, 0.1) is 13.3 Å². The predicted octanol–water partition coefficient (Wildman–Crippen LogP) is 2.70. The lowest BCUT2D eigenvalue weighted by atomic mass is 9.95. The second kappa shape index (κ2) is 9.34. The molecule has 0 radical (unpaired) electrons. The normalized spacial score (nSPS) is 16.3. The third-order valence-electron chi connectivity index (χ3n) is 5.13. The van der Waals surface area contributed by atoms with Crippen molar-refractivity contribution in [3.8, 4) is 17.3 Å². The van der Waals surface area contributed by atoms with Crippen LogP contribution < -0.4 is 10.1 Å². The molecule has 1 saturated heterocycles. The molecule has 0 spiro atoms. The molecule has 0 bridgehead atoms. The number of benzene rings is 1. The molecule has 1 fully saturated rings. The number of aromatic nitrogens is 4. The van der Waals surface area contributed by atoms with Gasteiger partial charge < -0.3 is 19.5 Å². The van der Waals surface area contributed by atoms with Gasteiger partial charge in [-0.3, -0.25) is 4.98 Å². The zero-order valence-corrected chi connectivity index (χ0v) is 16.8. The molecule has 2 amide bonds. The number of urea groups is 1. The smallest absolute Gasteiger partial charge is 0.317 e. The van der Waals surface area contributed by atoms with Crippen LogP contribution in [0.15, 0.2) is 47.4 Å². The fourth-order valence-corrected chi connectivity index (χ4v) is 3.56. The number of methoxy groups -OCH3 is 1. The van der Waals surface area contributed by atoms with Gasteiger partial charge in [-0.25, -0.2) is 9.78 Å². The Morgan fingerprint density at radius 1 is 1.30 bits per heavy atom. The topological polar surface area (TPSA) is 106 Å². The van der Waals surface area contributed by atoms with E-state index in [9.17, 15) is 4.79 Å². The van der Waals surface area contributed by atoms with Crippen molar-refractivity contribution in [2.45, 2.75) is 25.8 Å². The molecule has 156 valence electrons. The molecular weight excluding hydrogens is 384 g/mol. The predicted molar refractivity (Wildman–Crippen MR) is 109 cm³/mol. The van der Waals surface area contributed by atoms with Crippen LogP contribution in [0.4, 0.5) is 4.79 Å². The first-order valence-electron chi connectivity index (χ1n) is 9.96. The molecule has 1 aliphatic heterocycles. The van der Waals surface area contributed by atoms with Gasteiger partial charge in [-0.15, -0.1) is 0 Å². The highest BCUT2D eigenvalue weighted by Gasteiger charge is 2.25. The van der Waals surface area contributed by atoms with Crippen LogP contribution in [0.2, 0.25) is 0 Å². The van der Waals surface area contributed by atoms with Crippen LogP contribution in [0.3, 0.4) is 0 Å². The number of carbonyl (C=O) groups excluding carboxylic acids is 1. The van der Waals surface area contributed by atoms with E-state index in [0.717, 1.165) is 30.7 Å². The van der Waals surface area contributed by atoms with E-state index >= 15 is 0 Å². The van der Waals surface area contributed by atoms with Gasteiger partial charge in [-0.2, -0.15) is 4.98 Å². The fourth-order valence-electron chi connectivity index (χ4n) is 3.56. The quantitative estimate of drug-likeness (QED) is 0.668. The first kappa shape index (κ1) is 19.8. The first-order valence-corrected chi connectivity index (χ1v) is 9.96. The lowest BCUT2D eigenvalue weighted by molar-refractivity contribution is 0.164. The SMILES string of the molecule is COc1ccc(CNC(=O)N2CCCC(Cc3noc(-c4cnccn4)n3)C2)cc1. The molecule has 0 saturated carbocycles. The minimum Gasteiger partial charge on any atom is -0.497 e. The second-order valence-corrected chi connectivity index (χ2v) is 7.27. The molecule has 1 unspecified atom stereocenters. The van der Waals surface area contributed by atoms with E-state index in [1.165, 1.54) is 0 Å². The Morgan fingerprint density at radius 3 is 2.93 bits per heavy atom. The molecule has 2 aromatic heterocycles. The maximum atomic E-state index is 12.6. The van der Waals surface area contributed by atoms with Crippen LogP contribution in [-0.2, 0) is 13.0 Å². The van der Waals surface area contributed by atoms with E-state index in [2.05, 4.69) is 25.4 Å². The van der Waals surface area contributed by atoms with Gasteiger partial charge in [0.15, 0.2) is 5.82 Å². The van der Waals surface area contributed by atoms with Gasteiger partial charge in [0.25, 0.3) is 5.89 Å². The van der Waals surface area contributed by atoms with Crippen molar-refractivity contribution in [1.29, 1.82) is 0 Å². The summed E-state index contributed by atoms with van der Waals surface area (Å²) in [6, 6.07) is 7.62. The van der Waals surface area contributed by atoms with Crippen LogP contribution in [0.25, 0.3) is 11.6 Å². The molecular formula is C21H24N6O3. The molecule has 1 aromatic carbocycles. The summed E-state index contributed by atoms with van der Waals surface area (Å²) in [6.45, 7) is 1.90. The number of likely N-dealkylation sites (tertiary alicyclic amines) is 1. The number of nitrogens with one attached hydrogen (secondary N) is 1. The van der Waals surface area contributed by atoms with Crippen LogP contribution >= 0.6 is 0 Å². The number of hydrogen-bond acceptors (Lipinski definition) is 7. The van der Waals surface area contributed by atoms with Crippen molar-refractivity contribution in [1.82, 2.24) is 30.3 Å². The van der Waals surface area contributed by atoms with Gasteiger partial charge >= 0.3 is 6.03 Å². The Balaban J connectivity index is 1.29. The van der Waals surface area contributed by atoms with Crippen LogP contribution in [0, 0.1) is 5.92 Å². The molecule has 1 aliphatic rings. The number of amides is 2. The Labute approximate surface area is 174 Å². The summed E-state index contributed by atoms with van der Waals surface area (Å²) in [5, 5.41) is 7.06. The van der Waals surface area contributed by atoms with Gasteiger partial charge in [0, 0.05) is 38.4 Å². The lowest BCUT2D eigenvalue weighted by Crippen LogP contribution is -2.45. The van der Waals surface area contributed by atoms with Crippen molar-refractivity contribution in [3.63, 3.8) is 0 Å². The Kier molecular flexibility index (Phi) is 6.17. The molecule has 0 aliphatic carbocycles. The maximum Gasteiger partial charge on any atom is 0.317 e. The van der Waals surface area contributed by atoms with Gasteiger partial charge in [0.1, 0.15) is 11.4 Å². The van der Waals surface area contributed by atoms with E-state index in [-0.39, 0.29) is 11.9 Å². The van der Waals surface area contributed by atoms with E-state index < -0.39 is 0 Å². The summed E-state index contributed by atoms with van der Waals surface area (Å²) in [5.74, 6) is 2.08. The van der Waals surface area contributed by atoms with Crippen LogP contribution in [0.5, 0.6) is 5.75 Å². The van der Waals surface area contributed by atoms with Crippen molar-refractivity contribution < 1.29 is 14.1 Å². The molecule has 3 heterocycles. The fraction of sp³-hybridized carbons (Fsp3) is 0.381. The molecule has 4 rings (SSSR count). The Hall–Kier alpha value is -3.49. The summed E-state index contributed by atoms with van der Waals surface area (Å²) in [5.41, 5.74) is 1.58. The first-order chi connectivity index (χ1) is 14.7. The van der Waals surface area contributed by atoms with Crippen molar-refractivity contribution in [3.05, 3.63) is 54.2 Å². The standard InChI is InChI=1S/C21H24N6O3/c1-29-17-6-4-15(5-7-17)12-24-21(28)27-10-2-3-16(14-27)11-19-25-20(30-26-19)18-13-22-8-9-23-18/h4-9,13,16H,2-3,10-12,14H2,1H3,(H,24,28). The largest absolute Gasteiger partial charge is 0.497 e. The average Bonchev–Trinajstić information content (AvgIpc) is 3.27. The molecule has 9 heteroatoms. The highest BCUT2D eigenvalue weighted by molar-refractivity contribution is 5.74. The van der Waals surface area contributed by atoms with E-state index in [0.29, 0.717) is 36.9 Å². The maximum absolute atomic E-state index is 12.6. The highest BCUT2D eigenvalue weighted by atomic mass is 16.5. The van der Waals surface area contributed by atoms with Crippen molar-refractivity contribution in [2.75, 3.05) is 20.2 Å². The average molecular weight is 408 g/mol. The molecule has 3 aromatic rings. The van der Waals surface area contributed by atoms with Crippen molar-refractivity contribution in [2.24, 2.45) is 5.92 Å². The third-order valence-corrected chi connectivity index (χ3v) is 5.13. The van der Waals surface area contributed by atoms with Crippen LogP contribution in [-0.4, -0.2) is 51.2 Å². The summed E-state index contributed by atoms with van der Waals surface area (Å²) in [7, 11) is 1.63. The number of ether oxygens (including phenoxy) is 1. The van der Waals surface area contributed by atoms with Gasteiger partial charge in [0.2, 0.25) is 0 Å². The Bertz CT molecular complexity index is 960. The molecule has 1 atom stereocenters. The number of carbonyl (C=O) groups is 1. The monoisotopic (exact) mass is 408 g/mol. The van der Waals surface area contributed by atoms with Crippen LogP contribution in [0.1, 0.15) is 24.2 Å². The van der Waals surface area contributed by atoms with E-state index in [4.69, 9.17) is 9.26 Å². The minimum atomic E-state index is -0.0520. The highest BCUT2D eigenvalue weighted by Crippen LogP contribution is 2.21. The number of nitrogens with zero attached hydrogens (tertiary/aromatic N) is 5. The van der Waals surface area contributed by atoms with Crippen molar-refractivity contribution >= 4 is 6.03 Å². The van der Waals surface area contributed by atoms with E-state index in [1.807, 2.05) is 29.2 Å². The Morgan fingerprint density at radius 2 is 2.17 bits per heavy atom. The molecule has 1 N–H and O–H groups in total. The summed E-state index contributed by atoms with van der Waals surface area (Å²) < 4.78 is 10.5. The summed E-state index contributed by atoms with van der Waals surface area (Å²) in [4.78, 5) is 27.1. The molecule has 30 heavy (non-hydrogen) atoms.